The summed E-state index contributed by atoms with van der Waals surface area (Å²) in [5.74, 6) is -0.683. The van der Waals surface area contributed by atoms with E-state index in [1.807, 2.05) is 0 Å². The average Bonchev–Trinajstić information content (AvgIpc) is 2.61. The number of carbonyl (C=O) groups is 1. The van der Waals surface area contributed by atoms with E-state index in [9.17, 15) is 18.0 Å². The van der Waals surface area contributed by atoms with Crippen molar-refractivity contribution in [2.45, 2.75) is 6.18 Å². The molecule has 0 bridgehead atoms. The fraction of sp³-hybridized carbons (Fsp3) is 0.0556. The largest absolute Gasteiger partial charge is 0.418 e. The van der Waals surface area contributed by atoms with Crippen molar-refractivity contribution < 1.29 is 18.0 Å². The van der Waals surface area contributed by atoms with Gasteiger partial charge in [-0.15, -0.1) is 0 Å². The van der Waals surface area contributed by atoms with Crippen LogP contribution in [0, 0.1) is 0 Å². The summed E-state index contributed by atoms with van der Waals surface area (Å²) in [5, 5.41) is 5.55. The van der Waals surface area contributed by atoms with Crippen molar-refractivity contribution in [3.8, 4) is 0 Å². The second kappa shape index (κ2) is 7.63. The van der Waals surface area contributed by atoms with Crippen LogP contribution in [0.5, 0.6) is 0 Å². The lowest BCUT2D eigenvalue weighted by Crippen LogP contribution is -2.15. The molecule has 3 aromatic rings. The van der Waals surface area contributed by atoms with Crippen molar-refractivity contribution in [3.63, 3.8) is 0 Å². The van der Waals surface area contributed by atoms with Crippen molar-refractivity contribution in [1.29, 1.82) is 0 Å². The Kier molecular flexibility index (Phi) is 5.27. The van der Waals surface area contributed by atoms with Crippen LogP contribution >= 0.6 is 11.6 Å². The number of carbonyl (C=O) groups excluding carboxylic acids is 1. The van der Waals surface area contributed by atoms with Crippen molar-refractivity contribution in [2.75, 3.05) is 10.6 Å². The molecule has 0 fully saturated rings. The number of hydrogen-bond acceptors (Lipinski definition) is 4. The quantitative estimate of drug-likeness (QED) is 0.644. The van der Waals surface area contributed by atoms with E-state index in [4.69, 9.17) is 11.6 Å². The lowest BCUT2D eigenvalue weighted by molar-refractivity contribution is -0.136. The Labute approximate surface area is 157 Å². The SMILES string of the molecule is O=C(Nc1cccc(Cl)c1)c1ccnc(Nc2ccccc2C(F)(F)F)n1. The third kappa shape index (κ3) is 4.73. The normalized spacial score (nSPS) is 11.1. The molecule has 27 heavy (non-hydrogen) atoms. The molecule has 5 nitrogen and oxygen atoms in total. The molecule has 0 radical (unpaired) electrons. The van der Waals surface area contributed by atoms with Crippen LogP contribution in [0.25, 0.3) is 0 Å². The summed E-state index contributed by atoms with van der Waals surface area (Å²) in [4.78, 5) is 20.1. The Morgan fingerprint density at radius 3 is 2.56 bits per heavy atom. The van der Waals surface area contributed by atoms with Gasteiger partial charge in [-0.05, 0) is 36.4 Å². The summed E-state index contributed by atoms with van der Waals surface area (Å²) in [6, 6.07) is 12.8. The maximum Gasteiger partial charge on any atom is 0.418 e. The van der Waals surface area contributed by atoms with Crippen LogP contribution in [0.2, 0.25) is 5.02 Å². The van der Waals surface area contributed by atoms with E-state index < -0.39 is 17.6 Å². The summed E-state index contributed by atoms with van der Waals surface area (Å²) in [7, 11) is 0. The molecule has 1 heterocycles. The van der Waals surface area contributed by atoms with E-state index in [0.717, 1.165) is 6.07 Å². The Morgan fingerprint density at radius 1 is 1.04 bits per heavy atom. The van der Waals surface area contributed by atoms with E-state index in [-0.39, 0.29) is 17.3 Å². The molecule has 0 aliphatic rings. The minimum atomic E-state index is -4.54. The molecular formula is C18H12ClF3N4O. The summed E-state index contributed by atoms with van der Waals surface area (Å²) in [6.45, 7) is 0. The number of nitrogens with one attached hydrogen (secondary N) is 2. The number of halogens is 4. The molecule has 0 atom stereocenters. The average molecular weight is 393 g/mol. The summed E-state index contributed by atoms with van der Waals surface area (Å²) < 4.78 is 39.2. The third-order valence-corrected chi connectivity index (χ3v) is 3.68. The first kappa shape index (κ1) is 18.7. The van der Waals surface area contributed by atoms with Gasteiger partial charge in [-0.25, -0.2) is 9.97 Å². The number of alkyl halides is 3. The van der Waals surface area contributed by atoms with Crippen molar-refractivity contribution in [1.82, 2.24) is 9.97 Å². The molecule has 0 saturated heterocycles. The predicted octanol–water partition coefficient (Wildman–Crippen LogP) is 5.14. The number of amides is 1. The van der Waals surface area contributed by atoms with E-state index in [0.29, 0.717) is 10.7 Å². The van der Waals surface area contributed by atoms with Gasteiger partial charge in [-0.3, -0.25) is 4.79 Å². The number of nitrogens with zero attached hydrogens (tertiary/aromatic N) is 2. The molecule has 2 N–H and O–H groups in total. The highest BCUT2D eigenvalue weighted by molar-refractivity contribution is 6.30. The molecule has 138 valence electrons. The van der Waals surface area contributed by atoms with Gasteiger partial charge in [0.1, 0.15) is 5.69 Å². The summed E-state index contributed by atoms with van der Waals surface area (Å²) >= 11 is 5.86. The number of hydrogen-bond donors (Lipinski definition) is 2. The topological polar surface area (TPSA) is 66.9 Å². The van der Waals surface area contributed by atoms with Crippen molar-refractivity contribution in [3.05, 3.63) is 77.1 Å². The predicted molar refractivity (Wildman–Crippen MR) is 96.2 cm³/mol. The van der Waals surface area contributed by atoms with Gasteiger partial charge in [0.15, 0.2) is 0 Å². The molecule has 0 saturated carbocycles. The minimum absolute atomic E-state index is 0.0167. The zero-order valence-electron chi connectivity index (χ0n) is 13.6. The molecule has 0 unspecified atom stereocenters. The van der Waals surface area contributed by atoms with Crippen molar-refractivity contribution in [2.24, 2.45) is 0 Å². The molecule has 3 rings (SSSR count). The van der Waals surface area contributed by atoms with Gasteiger partial charge < -0.3 is 10.6 Å². The highest BCUT2D eigenvalue weighted by atomic mass is 35.5. The van der Waals surface area contributed by atoms with Crippen LogP contribution in [0.3, 0.4) is 0 Å². The van der Waals surface area contributed by atoms with E-state index in [1.54, 1.807) is 24.3 Å². The first-order chi connectivity index (χ1) is 12.8. The number of anilines is 3. The summed E-state index contributed by atoms with van der Waals surface area (Å²) in [5.41, 5.74) is -0.625. The Bertz CT molecular complexity index is 979. The molecule has 9 heteroatoms. The maximum atomic E-state index is 13.1. The smallest absolute Gasteiger partial charge is 0.324 e. The van der Waals surface area contributed by atoms with Gasteiger partial charge in [0, 0.05) is 16.9 Å². The lowest BCUT2D eigenvalue weighted by atomic mass is 10.1. The second-order valence-corrected chi connectivity index (χ2v) is 5.83. The first-order valence-corrected chi connectivity index (χ1v) is 8.04. The first-order valence-electron chi connectivity index (χ1n) is 7.66. The van der Waals surface area contributed by atoms with Crippen LogP contribution < -0.4 is 10.6 Å². The van der Waals surface area contributed by atoms with Gasteiger partial charge in [0.25, 0.3) is 5.91 Å². The number of para-hydroxylation sites is 1. The van der Waals surface area contributed by atoms with Gasteiger partial charge in [-0.2, -0.15) is 13.2 Å². The van der Waals surface area contributed by atoms with Gasteiger partial charge >= 0.3 is 6.18 Å². The molecule has 1 aromatic heterocycles. The lowest BCUT2D eigenvalue weighted by Gasteiger charge is -2.13. The maximum absolute atomic E-state index is 13.1. The van der Waals surface area contributed by atoms with Crippen LogP contribution in [-0.4, -0.2) is 15.9 Å². The summed E-state index contributed by atoms with van der Waals surface area (Å²) in [6.07, 6.45) is -3.26. The van der Waals surface area contributed by atoms with Gasteiger partial charge in [0.05, 0.1) is 11.3 Å². The molecule has 1 amide bonds. The second-order valence-electron chi connectivity index (χ2n) is 5.40. The van der Waals surface area contributed by atoms with E-state index >= 15 is 0 Å². The molecule has 0 aliphatic carbocycles. The standard InChI is InChI=1S/C18H12ClF3N4O/c19-11-4-3-5-12(10-11)24-16(27)15-8-9-23-17(26-15)25-14-7-2-1-6-13(14)18(20,21)22/h1-10H,(H,24,27)(H,23,25,26). The van der Waals surface area contributed by atoms with E-state index in [2.05, 4.69) is 20.6 Å². The number of rotatable bonds is 4. The monoisotopic (exact) mass is 392 g/mol. The zero-order chi connectivity index (χ0) is 19.4. The van der Waals surface area contributed by atoms with Gasteiger partial charge in [-0.1, -0.05) is 29.8 Å². The van der Waals surface area contributed by atoms with Crippen LogP contribution in [0.4, 0.5) is 30.5 Å². The Balaban J connectivity index is 1.81. The fourth-order valence-corrected chi connectivity index (χ4v) is 2.46. The van der Waals surface area contributed by atoms with Crippen LogP contribution in [0.1, 0.15) is 16.1 Å². The highest BCUT2D eigenvalue weighted by Gasteiger charge is 2.33. The van der Waals surface area contributed by atoms with Crippen LogP contribution in [-0.2, 0) is 6.18 Å². The number of aromatic nitrogens is 2. The fourth-order valence-electron chi connectivity index (χ4n) is 2.27. The van der Waals surface area contributed by atoms with E-state index in [1.165, 1.54) is 30.5 Å². The van der Waals surface area contributed by atoms with Crippen LogP contribution in [0.15, 0.2) is 60.8 Å². The minimum Gasteiger partial charge on any atom is -0.324 e. The molecule has 2 aromatic carbocycles. The number of benzene rings is 2. The van der Waals surface area contributed by atoms with Crippen molar-refractivity contribution >= 4 is 34.8 Å². The molecule has 0 spiro atoms. The zero-order valence-corrected chi connectivity index (χ0v) is 14.3. The highest BCUT2D eigenvalue weighted by Crippen LogP contribution is 2.35. The molecular weight excluding hydrogens is 381 g/mol. The molecule has 0 aliphatic heterocycles. The Hall–Kier alpha value is -3.13. The third-order valence-electron chi connectivity index (χ3n) is 3.45. The Morgan fingerprint density at radius 2 is 1.81 bits per heavy atom. The van der Waals surface area contributed by atoms with Gasteiger partial charge in [0.2, 0.25) is 5.95 Å².